The molecule has 0 aliphatic carbocycles. The van der Waals surface area contributed by atoms with Crippen LogP contribution in [0.25, 0.3) is 0 Å². The van der Waals surface area contributed by atoms with E-state index in [1.807, 2.05) is 27.0 Å². The van der Waals surface area contributed by atoms with Gasteiger partial charge in [-0.15, -0.1) is 0 Å². The number of nitrogens with zero attached hydrogens (tertiary/aromatic N) is 2. The fraction of sp³-hybridized carbons (Fsp3) is 0.333. The van der Waals surface area contributed by atoms with Gasteiger partial charge in [0.2, 0.25) is 0 Å². The Morgan fingerprint density at radius 1 is 1.35 bits per heavy atom. The standard InChI is InChI=1S/C15H18F2N4OS/c1-9-4-5-13(22-14(16)17)12(6-9)19-15(23)18-8-11-7-10(2)21(3)20-11/h4-7,14H,8H2,1-3H3,(H2,18,19,23). The zero-order valence-electron chi connectivity index (χ0n) is 13.1. The number of alkyl halides is 2. The minimum absolute atomic E-state index is 0.0448. The van der Waals surface area contributed by atoms with Gasteiger partial charge in [0.05, 0.1) is 17.9 Å². The Bertz CT molecular complexity index is 683. The number of anilines is 1. The number of hydrogen-bond donors (Lipinski definition) is 2. The lowest BCUT2D eigenvalue weighted by atomic mass is 10.2. The van der Waals surface area contributed by atoms with Crippen molar-refractivity contribution in [1.29, 1.82) is 0 Å². The fourth-order valence-electron chi connectivity index (χ4n) is 2.00. The van der Waals surface area contributed by atoms with E-state index in [1.165, 1.54) is 6.07 Å². The monoisotopic (exact) mass is 340 g/mol. The first kappa shape index (κ1) is 17.1. The van der Waals surface area contributed by atoms with Crippen molar-refractivity contribution in [3.63, 3.8) is 0 Å². The number of benzene rings is 1. The number of aromatic nitrogens is 2. The van der Waals surface area contributed by atoms with E-state index in [2.05, 4.69) is 20.5 Å². The molecule has 124 valence electrons. The molecule has 2 N–H and O–H groups in total. The molecule has 0 unspecified atom stereocenters. The summed E-state index contributed by atoms with van der Waals surface area (Å²) in [4.78, 5) is 0. The van der Waals surface area contributed by atoms with Crippen LogP contribution in [0, 0.1) is 13.8 Å². The Morgan fingerprint density at radius 2 is 2.09 bits per heavy atom. The Morgan fingerprint density at radius 3 is 2.70 bits per heavy atom. The molecule has 5 nitrogen and oxygen atoms in total. The first-order valence-corrected chi connectivity index (χ1v) is 7.36. The number of hydrogen-bond acceptors (Lipinski definition) is 3. The molecule has 0 aliphatic heterocycles. The van der Waals surface area contributed by atoms with E-state index in [0.717, 1.165) is 17.0 Å². The first-order valence-electron chi connectivity index (χ1n) is 6.95. The number of aryl methyl sites for hydroxylation is 3. The van der Waals surface area contributed by atoms with E-state index in [9.17, 15) is 8.78 Å². The van der Waals surface area contributed by atoms with Crippen molar-refractivity contribution in [2.45, 2.75) is 27.0 Å². The highest BCUT2D eigenvalue weighted by Crippen LogP contribution is 2.27. The van der Waals surface area contributed by atoms with Gasteiger partial charge in [-0.25, -0.2) is 0 Å². The highest BCUT2D eigenvalue weighted by molar-refractivity contribution is 7.80. The lowest BCUT2D eigenvalue weighted by molar-refractivity contribution is -0.0493. The van der Waals surface area contributed by atoms with Crippen LogP contribution in [0.3, 0.4) is 0 Å². The fourth-order valence-corrected chi connectivity index (χ4v) is 2.18. The molecule has 23 heavy (non-hydrogen) atoms. The Hall–Kier alpha value is -2.22. The summed E-state index contributed by atoms with van der Waals surface area (Å²) in [5.74, 6) is 0.0448. The van der Waals surface area contributed by atoms with Crippen molar-refractivity contribution >= 4 is 23.0 Å². The molecule has 0 saturated heterocycles. The van der Waals surface area contributed by atoms with Crippen LogP contribution in [-0.4, -0.2) is 21.5 Å². The van der Waals surface area contributed by atoms with Crippen LogP contribution < -0.4 is 15.4 Å². The summed E-state index contributed by atoms with van der Waals surface area (Å²) in [6.07, 6.45) is 0. The summed E-state index contributed by atoms with van der Waals surface area (Å²) in [6, 6.07) is 6.80. The van der Waals surface area contributed by atoms with Crippen molar-refractivity contribution in [3.05, 3.63) is 41.2 Å². The third-order valence-electron chi connectivity index (χ3n) is 3.19. The highest BCUT2D eigenvalue weighted by atomic mass is 32.1. The van der Waals surface area contributed by atoms with Crippen LogP contribution in [0.5, 0.6) is 5.75 Å². The molecule has 8 heteroatoms. The smallest absolute Gasteiger partial charge is 0.387 e. The number of halogens is 2. The average Bonchev–Trinajstić information content (AvgIpc) is 2.78. The van der Waals surface area contributed by atoms with E-state index >= 15 is 0 Å². The molecule has 0 saturated carbocycles. The van der Waals surface area contributed by atoms with Crippen LogP contribution >= 0.6 is 12.2 Å². The van der Waals surface area contributed by atoms with Gasteiger partial charge in [-0.05, 0) is 49.8 Å². The SMILES string of the molecule is Cc1ccc(OC(F)F)c(NC(=S)NCc2cc(C)n(C)n2)c1. The second-order valence-electron chi connectivity index (χ2n) is 5.09. The Balaban J connectivity index is 2.00. The Kier molecular flexibility index (Phi) is 5.49. The average molecular weight is 340 g/mol. The number of thiocarbonyl (C=S) groups is 1. The van der Waals surface area contributed by atoms with Gasteiger partial charge in [0.25, 0.3) is 0 Å². The molecule has 1 aromatic heterocycles. The Labute approximate surface area is 138 Å². The van der Waals surface area contributed by atoms with E-state index < -0.39 is 6.61 Å². The molecule has 0 bridgehead atoms. The van der Waals surface area contributed by atoms with Gasteiger partial charge in [-0.3, -0.25) is 4.68 Å². The molecule has 0 atom stereocenters. The highest BCUT2D eigenvalue weighted by Gasteiger charge is 2.11. The van der Waals surface area contributed by atoms with Crippen molar-refractivity contribution in [3.8, 4) is 5.75 Å². The molecule has 0 aliphatic rings. The molecule has 0 spiro atoms. The molecule has 2 rings (SSSR count). The van der Waals surface area contributed by atoms with Crippen LogP contribution in [0.4, 0.5) is 14.5 Å². The lowest BCUT2D eigenvalue weighted by Gasteiger charge is -2.14. The first-order chi connectivity index (χ1) is 10.8. The quantitative estimate of drug-likeness (QED) is 0.819. The zero-order chi connectivity index (χ0) is 17.0. The second-order valence-corrected chi connectivity index (χ2v) is 5.49. The largest absolute Gasteiger partial charge is 0.433 e. The van der Waals surface area contributed by atoms with Gasteiger partial charge in [0, 0.05) is 12.7 Å². The second kappa shape index (κ2) is 7.36. The minimum Gasteiger partial charge on any atom is -0.433 e. The van der Waals surface area contributed by atoms with Gasteiger partial charge < -0.3 is 15.4 Å². The van der Waals surface area contributed by atoms with Crippen molar-refractivity contribution in [1.82, 2.24) is 15.1 Å². The van der Waals surface area contributed by atoms with E-state index in [4.69, 9.17) is 12.2 Å². The van der Waals surface area contributed by atoms with Crippen LogP contribution in [-0.2, 0) is 13.6 Å². The zero-order valence-corrected chi connectivity index (χ0v) is 13.9. The van der Waals surface area contributed by atoms with Crippen molar-refractivity contribution < 1.29 is 13.5 Å². The summed E-state index contributed by atoms with van der Waals surface area (Å²) in [6.45, 7) is 1.35. The molecular formula is C15H18F2N4OS. The van der Waals surface area contributed by atoms with Gasteiger partial charge >= 0.3 is 6.61 Å². The third-order valence-corrected chi connectivity index (χ3v) is 3.44. The normalized spacial score (nSPS) is 10.7. The van der Waals surface area contributed by atoms with Gasteiger partial charge in [0.15, 0.2) is 5.11 Å². The maximum absolute atomic E-state index is 12.4. The molecule has 1 aromatic carbocycles. The van der Waals surface area contributed by atoms with Crippen molar-refractivity contribution in [2.24, 2.45) is 7.05 Å². The maximum atomic E-state index is 12.4. The molecular weight excluding hydrogens is 322 g/mol. The summed E-state index contributed by atoms with van der Waals surface area (Å²) in [5.41, 5.74) is 3.16. The maximum Gasteiger partial charge on any atom is 0.387 e. The molecule has 0 fully saturated rings. The summed E-state index contributed by atoms with van der Waals surface area (Å²) >= 11 is 5.19. The summed E-state index contributed by atoms with van der Waals surface area (Å²) in [5, 5.41) is 10.5. The van der Waals surface area contributed by atoms with E-state index in [0.29, 0.717) is 17.3 Å². The summed E-state index contributed by atoms with van der Waals surface area (Å²) in [7, 11) is 1.86. The van der Waals surface area contributed by atoms with E-state index in [-0.39, 0.29) is 5.75 Å². The molecule has 0 amide bonds. The summed E-state index contributed by atoms with van der Waals surface area (Å²) < 4.78 is 31.1. The number of ether oxygens (including phenoxy) is 1. The topological polar surface area (TPSA) is 51.1 Å². The molecule has 1 heterocycles. The van der Waals surface area contributed by atoms with Crippen molar-refractivity contribution in [2.75, 3.05) is 5.32 Å². The molecule has 2 aromatic rings. The molecule has 0 radical (unpaired) electrons. The van der Waals surface area contributed by atoms with Crippen LogP contribution in [0.1, 0.15) is 17.0 Å². The van der Waals surface area contributed by atoms with E-state index in [1.54, 1.807) is 16.8 Å². The lowest BCUT2D eigenvalue weighted by Crippen LogP contribution is -2.28. The van der Waals surface area contributed by atoms with Crippen LogP contribution in [0.2, 0.25) is 0 Å². The number of rotatable bonds is 5. The predicted molar refractivity (Wildman–Crippen MR) is 88.8 cm³/mol. The number of nitrogens with one attached hydrogen (secondary N) is 2. The van der Waals surface area contributed by atoms with Gasteiger partial charge in [0.1, 0.15) is 5.75 Å². The van der Waals surface area contributed by atoms with Gasteiger partial charge in [-0.2, -0.15) is 13.9 Å². The minimum atomic E-state index is -2.89. The van der Waals surface area contributed by atoms with Gasteiger partial charge in [-0.1, -0.05) is 6.07 Å². The van der Waals surface area contributed by atoms with Crippen LogP contribution in [0.15, 0.2) is 24.3 Å². The third kappa shape index (κ3) is 4.88. The predicted octanol–water partition coefficient (Wildman–Crippen LogP) is 3.12.